The molecule has 8 aromatic rings. The summed E-state index contributed by atoms with van der Waals surface area (Å²) in [5, 5.41) is 21.6. The van der Waals surface area contributed by atoms with Gasteiger partial charge in [0.15, 0.2) is 0 Å². The summed E-state index contributed by atoms with van der Waals surface area (Å²) in [6.07, 6.45) is 7.34. The van der Waals surface area contributed by atoms with Crippen LogP contribution in [0.3, 0.4) is 0 Å². The molecular formula is C36H26BBrN4O2. The van der Waals surface area contributed by atoms with Crippen molar-refractivity contribution in [2.45, 2.75) is 0 Å². The first-order valence-corrected chi connectivity index (χ1v) is 14.7. The molecular weight excluding hydrogens is 611 g/mol. The van der Waals surface area contributed by atoms with Crippen molar-refractivity contribution in [3.05, 3.63) is 151 Å². The molecule has 0 aliphatic heterocycles. The summed E-state index contributed by atoms with van der Waals surface area (Å²) in [5.74, 6) is 0. The first kappa shape index (κ1) is 29.1. The minimum Gasteiger partial charge on any atom is -0.423 e. The van der Waals surface area contributed by atoms with Gasteiger partial charge in [-0.1, -0.05) is 97.1 Å². The Balaban J connectivity index is 0.000000126. The SMILES string of the molecule is Brc1cnc2c(ccc3cccnc32)c1.OB(O)c1ccccc1.c1ccc(-c2cnc3c(ccc4cccnc43)c2)cc1. The van der Waals surface area contributed by atoms with Crippen LogP contribution in [0.25, 0.3) is 54.7 Å². The number of benzene rings is 4. The number of hydrogen-bond acceptors (Lipinski definition) is 6. The van der Waals surface area contributed by atoms with Crippen LogP contribution < -0.4 is 5.46 Å². The summed E-state index contributed by atoms with van der Waals surface area (Å²) in [6.45, 7) is 0. The molecule has 0 atom stereocenters. The van der Waals surface area contributed by atoms with Crippen molar-refractivity contribution >= 4 is 72.1 Å². The van der Waals surface area contributed by atoms with E-state index >= 15 is 0 Å². The fourth-order valence-electron chi connectivity index (χ4n) is 4.86. The zero-order valence-corrected chi connectivity index (χ0v) is 25.1. The van der Waals surface area contributed by atoms with E-state index in [-0.39, 0.29) is 0 Å². The van der Waals surface area contributed by atoms with E-state index in [0.29, 0.717) is 5.46 Å². The molecule has 8 rings (SSSR count). The van der Waals surface area contributed by atoms with E-state index in [1.54, 1.807) is 36.7 Å². The summed E-state index contributed by atoms with van der Waals surface area (Å²) in [4.78, 5) is 17.8. The molecule has 6 nitrogen and oxygen atoms in total. The lowest BCUT2D eigenvalue weighted by atomic mass is 9.81. The molecule has 0 bridgehead atoms. The van der Waals surface area contributed by atoms with E-state index in [4.69, 9.17) is 10.0 Å². The van der Waals surface area contributed by atoms with Gasteiger partial charge in [-0.15, -0.1) is 0 Å². The second-order valence-corrected chi connectivity index (χ2v) is 10.9. The Kier molecular flexibility index (Phi) is 8.94. The molecule has 212 valence electrons. The number of fused-ring (bicyclic) bond motifs is 6. The number of rotatable bonds is 2. The van der Waals surface area contributed by atoms with E-state index in [2.05, 4.69) is 90.5 Å². The number of aromatic nitrogens is 4. The van der Waals surface area contributed by atoms with Crippen LogP contribution in [0.5, 0.6) is 0 Å². The average molecular weight is 637 g/mol. The van der Waals surface area contributed by atoms with Gasteiger partial charge in [0.25, 0.3) is 0 Å². The van der Waals surface area contributed by atoms with Crippen LogP contribution in [-0.2, 0) is 0 Å². The predicted molar refractivity (Wildman–Crippen MR) is 183 cm³/mol. The van der Waals surface area contributed by atoms with Gasteiger partial charge >= 0.3 is 7.12 Å². The first-order valence-electron chi connectivity index (χ1n) is 14.0. The van der Waals surface area contributed by atoms with Gasteiger partial charge in [0.05, 0.1) is 22.1 Å². The Morgan fingerprint density at radius 1 is 0.455 bits per heavy atom. The molecule has 0 amide bonds. The highest BCUT2D eigenvalue weighted by atomic mass is 79.9. The van der Waals surface area contributed by atoms with E-state index in [1.165, 1.54) is 5.56 Å². The van der Waals surface area contributed by atoms with E-state index in [9.17, 15) is 0 Å². The van der Waals surface area contributed by atoms with Crippen molar-refractivity contribution < 1.29 is 10.0 Å². The minimum absolute atomic E-state index is 0.525. The molecule has 0 saturated carbocycles. The van der Waals surface area contributed by atoms with E-state index < -0.39 is 7.12 Å². The van der Waals surface area contributed by atoms with Gasteiger partial charge in [-0.25, -0.2) is 0 Å². The highest BCUT2D eigenvalue weighted by Crippen LogP contribution is 2.27. The molecule has 0 aliphatic rings. The molecule has 0 aliphatic carbocycles. The third kappa shape index (κ3) is 6.63. The molecule has 44 heavy (non-hydrogen) atoms. The highest BCUT2D eigenvalue weighted by molar-refractivity contribution is 9.10. The van der Waals surface area contributed by atoms with Crippen LogP contribution in [0, 0.1) is 0 Å². The van der Waals surface area contributed by atoms with Gasteiger partial charge in [-0.05, 0) is 51.2 Å². The number of hydrogen-bond donors (Lipinski definition) is 2. The lowest BCUT2D eigenvalue weighted by molar-refractivity contribution is 0.426. The summed E-state index contributed by atoms with van der Waals surface area (Å²) in [6, 6.07) is 39.5. The largest absolute Gasteiger partial charge is 0.488 e. The Hall–Kier alpha value is -5.02. The Morgan fingerprint density at radius 3 is 1.52 bits per heavy atom. The third-order valence-corrected chi connectivity index (χ3v) is 7.45. The predicted octanol–water partition coefficient (Wildman–Crippen LogP) is 7.36. The maximum absolute atomic E-state index is 8.58. The highest BCUT2D eigenvalue weighted by Gasteiger charge is 2.08. The molecule has 8 heteroatoms. The quantitative estimate of drug-likeness (QED) is 0.152. The Morgan fingerprint density at radius 2 is 0.955 bits per heavy atom. The number of pyridine rings is 4. The van der Waals surface area contributed by atoms with Gasteiger partial charge in [-0.2, -0.15) is 0 Å². The average Bonchev–Trinajstić information content (AvgIpc) is 3.09. The fraction of sp³-hybridized carbons (Fsp3) is 0. The number of nitrogens with zero attached hydrogens (tertiary/aromatic N) is 4. The monoisotopic (exact) mass is 636 g/mol. The summed E-state index contributed by atoms with van der Waals surface area (Å²) in [7, 11) is -1.34. The standard InChI is InChI=1S/C18H12N2.C12H7BrN2.C6H7BO2/c1-2-5-13(6-3-1)16-11-15-9-8-14-7-4-10-19-17(14)18(15)20-12-16;13-10-6-9-4-3-8-2-1-5-14-11(8)12(9)15-7-10;8-7(9)6-4-2-1-3-5-6/h1-12H;1-7H;1-5,8-9H. The lowest BCUT2D eigenvalue weighted by Crippen LogP contribution is -2.29. The summed E-state index contributed by atoms with van der Waals surface area (Å²) >= 11 is 3.41. The molecule has 0 spiro atoms. The maximum atomic E-state index is 8.58. The minimum atomic E-state index is -1.34. The second kappa shape index (κ2) is 13.5. The Bertz CT molecular complexity index is 2180. The lowest BCUT2D eigenvalue weighted by Gasteiger charge is -2.05. The smallest absolute Gasteiger partial charge is 0.423 e. The van der Waals surface area contributed by atoms with Crippen molar-refractivity contribution in [1.82, 2.24) is 19.9 Å². The van der Waals surface area contributed by atoms with Crippen molar-refractivity contribution in [2.75, 3.05) is 0 Å². The second-order valence-electron chi connectivity index (χ2n) is 9.95. The van der Waals surface area contributed by atoms with Gasteiger partial charge in [0.1, 0.15) is 0 Å². The van der Waals surface area contributed by atoms with Crippen LogP contribution >= 0.6 is 15.9 Å². The third-order valence-electron chi connectivity index (χ3n) is 7.02. The molecule has 2 N–H and O–H groups in total. The van der Waals surface area contributed by atoms with Crippen LogP contribution in [-0.4, -0.2) is 37.1 Å². The van der Waals surface area contributed by atoms with Crippen LogP contribution in [0.15, 0.2) is 151 Å². The van der Waals surface area contributed by atoms with Gasteiger partial charge in [0.2, 0.25) is 0 Å². The van der Waals surface area contributed by atoms with Gasteiger partial charge < -0.3 is 10.0 Å². The zero-order chi connectivity index (χ0) is 30.3. The molecule has 4 aromatic carbocycles. The van der Waals surface area contributed by atoms with Gasteiger partial charge in [0, 0.05) is 56.4 Å². The zero-order valence-electron chi connectivity index (χ0n) is 23.5. The molecule has 0 unspecified atom stereocenters. The maximum Gasteiger partial charge on any atom is 0.488 e. The van der Waals surface area contributed by atoms with E-state index in [1.807, 2.05) is 54.9 Å². The Labute approximate surface area is 263 Å². The van der Waals surface area contributed by atoms with Crippen molar-refractivity contribution in [2.24, 2.45) is 0 Å². The molecule has 4 aromatic heterocycles. The summed E-state index contributed by atoms with van der Waals surface area (Å²) < 4.78 is 0.991. The molecule has 0 radical (unpaired) electrons. The summed E-state index contributed by atoms with van der Waals surface area (Å²) in [5.41, 5.74) is 6.68. The van der Waals surface area contributed by atoms with Crippen molar-refractivity contribution in [3.63, 3.8) is 0 Å². The number of halogens is 1. The van der Waals surface area contributed by atoms with Crippen LogP contribution in [0.2, 0.25) is 0 Å². The molecule has 0 fully saturated rings. The fourth-order valence-corrected chi connectivity index (χ4v) is 5.21. The van der Waals surface area contributed by atoms with Gasteiger partial charge in [-0.3, -0.25) is 19.9 Å². The van der Waals surface area contributed by atoms with Crippen LogP contribution in [0.1, 0.15) is 0 Å². The molecule has 0 saturated heterocycles. The topological polar surface area (TPSA) is 92.0 Å². The molecule has 4 heterocycles. The normalized spacial score (nSPS) is 10.6. The van der Waals surface area contributed by atoms with Crippen LogP contribution in [0.4, 0.5) is 0 Å². The first-order chi connectivity index (χ1) is 21.6. The van der Waals surface area contributed by atoms with E-state index in [0.717, 1.165) is 53.6 Å². The van der Waals surface area contributed by atoms with Crippen molar-refractivity contribution in [1.29, 1.82) is 0 Å². The van der Waals surface area contributed by atoms with Crippen molar-refractivity contribution in [3.8, 4) is 11.1 Å².